The molecule has 1 heterocycles. The number of esters is 1. The molecule has 1 saturated heterocycles. The summed E-state index contributed by atoms with van der Waals surface area (Å²) in [6.45, 7) is 0.778. The lowest BCUT2D eigenvalue weighted by molar-refractivity contribution is -0.141. The monoisotopic (exact) mass is 337 g/mol. The molecule has 0 N–H and O–H groups in total. The highest BCUT2D eigenvalue weighted by molar-refractivity contribution is 5.94. The number of amides is 1. The fraction of sp³-hybridized carbons (Fsp3) is 0.556. The van der Waals surface area contributed by atoms with Crippen molar-refractivity contribution in [3.05, 3.63) is 35.1 Å². The summed E-state index contributed by atoms with van der Waals surface area (Å²) >= 11 is 0. The maximum absolute atomic E-state index is 13.7. The Morgan fingerprint density at radius 2 is 2.08 bits per heavy atom. The van der Waals surface area contributed by atoms with Gasteiger partial charge in [0.1, 0.15) is 5.82 Å². The minimum absolute atomic E-state index is 0.0151. The van der Waals surface area contributed by atoms with Crippen molar-refractivity contribution in [3.8, 4) is 0 Å². The van der Waals surface area contributed by atoms with Crippen LogP contribution in [0.25, 0.3) is 0 Å². The average molecular weight is 337 g/mol. The molecule has 0 aliphatic carbocycles. The Balaban J connectivity index is 2.13. The van der Waals surface area contributed by atoms with Crippen LogP contribution < -0.4 is 0 Å². The number of benzene rings is 1. The highest BCUT2D eigenvalue weighted by atomic mass is 19.1. The minimum atomic E-state index is -0.380. The van der Waals surface area contributed by atoms with E-state index in [1.54, 1.807) is 11.0 Å². The summed E-state index contributed by atoms with van der Waals surface area (Å²) in [5.74, 6) is -0.770. The Bertz CT molecular complexity index is 590. The lowest BCUT2D eigenvalue weighted by atomic mass is 9.96. The topological polar surface area (TPSA) is 55.8 Å². The van der Waals surface area contributed by atoms with Crippen LogP contribution in [0.2, 0.25) is 0 Å². The van der Waals surface area contributed by atoms with Gasteiger partial charge in [0, 0.05) is 37.2 Å². The molecular formula is C18H24FNO4. The van der Waals surface area contributed by atoms with Gasteiger partial charge in [-0.15, -0.1) is 0 Å². The molecular weight excluding hydrogens is 313 g/mol. The first-order valence-electron chi connectivity index (χ1n) is 8.22. The standard InChI is InChI=1S/C18H24FNO4/c1-23-12-14-11-13(6-8-16(14)19)18(22)20-10-4-3-5-15(20)7-9-17(21)24-2/h6,8,11,15H,3-5,7,9-10,12H2,1-2H3/t15-/m0/s1. The van der Waals surface area contributed by atoms with Crippen LogP contribution in [0.15, 0.2) is 18.2 Å². The van der Waals surface area contributed by atoms with Crippen molar-refractivity contribution in [1.82, 2.24) is 4.90 Å². The Labute approximate surface area is 141 Å². The number of nitrogens with zero attached hydrogens (tertiary/aromatic N) is 1. The molecule has 0 bridgehead atoms. The van der Waals surface area contributed by atoms with Crippen molar-refractivity contribution in [2.75, 3.05) is 20.8 Å². The Hall–Kier alpha value is -1.95. The molecule has 1 aromatic rings. The predicted octanol–water partition coefficient (Wildman–Crippen LogP) is 2.92. The summed E-state index contributed by atoms with van der Waals surface area (Å²) < 4.78 is 23.4. The number of ether oxygens (including phenoxy) is 2. The van der Waals surface area contributed by atoms with E-state index in [9.17, 15) is 14.0 Å². The van der Waals surface area contributed by atoms with E-state index < -0.39 is 0 Å². The van der Waals surface area contributed by atoms with Gasteiger partial charge >= 0.3 is 5.97 Å². The summed E-state index contributed by atoms with van der Waals surface area (Å²) in [5, 5.41) is 0. The fourth-order valence-electron chi connectivity index (χ4n) is 3.09. The molecule has 1 aliphatic heterocycles. The van der Waals surface area contributed by atoms with Crippen molar-refractivity contribution in [3.63, 3.8) is 0 Å². The zero-order valence-electron chi connectivity index (χ0n) is 14.2. The molecule has 132 valence electrons. The third kappa shape index (κ3) is 4.54. The second kappa shape index (κ2) is 8.78. The van der Waals surface area contributed by atoms with Crippen molar-refractivity contribution in [1.29, 1.82) is 0 Å². The van der Waals surface area contributed by atoms with E-state index in [4.69, 9.17) is 4.74 Å². The first kappa shape index (κ1) is 18.4. The number of hydrogen-bond donors (Lipinski definition) is 0. The molecule has 0 aromatic heterocycles. The van der Waals surface area contributed by atoms with E-state index in [-0.39, 0.29) is 30.3 Å². The molecule has 1 fully saturated rings. The van der Waals surface area contributed by atoms with E-state index in [1.165, 1.54) is 26.4 Å². The van der Waals surface area contributed by atoms with Crippen molar-refractivity contribution in [2.24, 2.45) is 0 Å². The number of likely N-dealkylation sites (tertiary alicyclic amines) is 1. The van der Waals surface area contributed by atoms with E-state index >= 15 is 0 Å². The number of carbonyl (C=O) groups excluding carboxylic acids is 2. The normalized spacial score (nSPS) is 17.6. The fourth-order valence-corrected chi connectivity index (χ4v) is 3.09. The van der Waals surface area contributed by atoms with Gasteiger partial charge < -0.3 is 14.4 Å². The van der Waals surface area contributed by atoms with Crippen molar-refractivity contribution >= 4 is 11.9 Å². The number of carbonyl (C=O) groups is 2. The third-order valence-corrected chi connectivity index (χ3v) is 4.39. The van der Waals surface area contributed by atoms with Gasteiger partial charge in [0.25, 0.3) is 5.91 Å². The van der Waals surface area contributed by atoms with Gasteiger partial charge in [-0.3, -0.25) is 9.59 Å². The van der Waals surface area contributed by atoms with Gasteiger partial charge in [0.2, 0.25) is 0 Å². The summed E-state index contributed by atoms with van der Waals surface area (Å²) in [7, 11) is 2.85. The number of hydrogen-bond acceptors (Lipinski definition) is 4. The molecule has 1 atom stereocenters. The molecule has 0 unspecified atom stereocenters. The lowest BCUT2D eigenvalue weighted by Crippen LogP contribution is -2.44. The number of halogens is 1. The van der Waals surface area contributed by atoms with Gasteiger partial charge in [0.05, 0.1) is 13.7 Å². The molecule has 2 rings (SSSR count). The molecule has 0 saturated carbocycles. The second-order valence-electron chi connectivity index (χ2n) is 6.00. The molecule has 1 aliphatic rings. The van der Waals surface area contributed by atoms with Crippen LogP contribution in [0.5, 0.6) is 0 Å². The van der Waals surface area contributed by atoms with E-state index in [0.29, 0.717) is 30.5 Å². The lowest BCUT2D eigenvalue weighted by Gasteiger charge is -2.36. The van der Waals surface area contributed by atoms with Crippen molar-refractivity contribution < 1.29 is 23.5 Å². The van der Waals surface area contributed by atoms with Crippen LogP contribution in [0.1, 0.15) is 48.0 Å². The van der Waals surface area contributed by atoms with Crippen LogP contribution in [-0.4, -0.2) is 43.6 Å². The number of rotatable bonds is 6. The smallest absolute Gasteiger partial charge is 0.305 e. The van der Waals surface area contributed by atoms with Gasteiger partial charge in [-0.1, -0.05) is 0 Å². The van der Waals surface area contributed by atoms with Crippen LogP contribution in [-0.2, 0) is 20.9 Å². The zero-order chi connectivity index (χ0) is 17.5. The van der Waals surface area contributed by atoms with Gasteiger partial charge in [-0.2, -0.15) is 0 Å². The highest BCUT2D eigenvalue weighted by Crippen LogP contribution is 2.24. The Morgan fingerprint density at radius 3 is 2.79 bits per heavy atom. The van der Waals surface area contributed by atoms with Gasteiger partial charge in [0.15, 0.2) is 0 Å². The Kier molecular flexibility index (Phi) is 6.73. The highest BCUT2D eigenvalue weighted by Gasteiger charge is 2.28. The largest absolute Gasteiger partial charge is 0.469 e. The first-order valence-corrected chi connectivity index (χ1v) is 8.22. The van der Waals surface area contributed by atoms with Gasteiger partial charge in [-0.05, 0) is 43.9 Å². The quantitative estimate of drug-likeness (QED) is 0.749. The van der Waals surface area contributed by atoms with Crippen molar-refractivity contribution in [2.45, 2.75) is 44.8 Å². The van der Waals surface area contributed by atoms with E-state index in [1.807, 2.05) is 0 Å². The molecule has 1 amide bonds. The molecule has 0 radical (unpaired) electrons. The summed E-state index contributed by atoms with van der Waals surface area (Å²) in [6.07, 6.45) is 3.73. The average Bonchev–Trinajstić information content (AvgIpc) is 2.61. The molecule has 24 heavy (non-hydrogen) atoms. The molecule has 5 nitrogen and oxygen atoms in total. The maximum atomic E-state index is 13.7. The van der Waals surface area contributed by atoms with E-state index in [2.05, 4.69) is 4.74 Å². The number of methoxy groups -OCH3 is 2. The number of piperidine rings is 1. The second-order valence-corrected chi connectivity index (χ2v) is 6.00. The SMILES string of the molecule is COCc1cc(C(=O)N2CCCC[C@H]2CCC(=O)OC)ccc1F. The summed E-state index contributed by atoms with van der Waals surface area (Å²) in [4.78, 5) is 26.0. The zero-order valence-corrected chi connectivity index (χ0v) is 14.2. The van der Waals surface area contributed by atoms with Crippen LogP contribution in [0, 0.1) is 5.82 Å². The van der Waals surface area contributed by atoms with Gasteiger partial charge in [-0.25, -0.2) is 4.39 Å². The minimum Gasteiger partial charge on any atom is -0.469 e. The molecule has 1 aromatic carbocycles. The predicted molar refractivity (Wildman–Crippen MR) is 87.0 cm³/mol. The van der Waals surface area contributed by atoms with Crippen LogP contribution in [0.4, 0.5) is 4.39 Å². The van der Waals surface area contributed by atoms with E-state index in [0.717, 1.165) is 19.3 Å². The van der Waals surface area contributed by atoms with Crippen LogP contribution in [0.3, 0.4) is 0 Å². The summed E-state index contributed by atoms with van der Waals surface area (Å²) in [6, 6.07) is 4.37. The van der Waals surface area contributed by atoms with Crippen LogP contribution >= 0.6 is 0 Å². The maximum Gasteiger partial charge on any atom is 0.305 e. The molecule has 0 spiro atoms. The summed E-state index contributed by atoms with van der Waals surface area (Å²) in [5.41, 5.74) is 0.819. The molecule has 6 heteroatoms. The Morgan fingerprint density at radius 1 is 1.29 bits per heavy atom. The third-order valence-electron chi connectivity index (χ3n) is 4.39. The first-order chi connectivity index (χ1) is 11.6.